The lowest BCUT2D eigenvalue weighted by Gasteiger charge is -2.35. The second kappa shape index (κ2) is 5.74. The van der Waals surface area contributed by atoms with E-state index < -0.39 is 5.63 Å². The molecule has 1 saturated heterocycles. The molecule has 2 heterocycles. The molecule has 0 spiro atoms. The SMILES string of the molecule is C[C@@H]1CN(C(=O)c2cc3cc(Cl)ccc3oc2=O)C[C@@H](C)O1. The van der Waals surface area contributed by atoms with E-state index in [1.54, 1.807) is 29.2 Å². The molecule has 1 fully saturated rings. The number of halogens is 1. The van der Waals surface area contributed by atoms with Crippen LogP contribution >= 0.6 is 11.6 Å². The monoisotopic (exact) mass is 321 g/mol. The predicted molar refractivity (Wildman–Crippen MR) is 83.4 cm³/mol. The molecular weight excluding hydrogens is 306 g/mol. The van der Waals surface area contributed by atoms with Gasteiger partial charge in [0.25, 0.3) is 5.91 Å². The lowest BCUT2D eigenvalue weighted by molar-refractivity contribution is -0.0587. The number of nitrogens with zero attached hydrogens (tertiary/aromatic N) is 1. The van der Waals surface area contributed by atoms with Crippen LogP contribution in [0.4, 0.5) is 0 Å². The number of amides is 1. The van der Waals surface area contributed by atoms with Gasteiger partial charge in [0.15, 0.2) is 0 Å². The molecule has 0 radical (unpaired) electrons. The zero-order chi connectivity index (χ0) is 15.9. The maximum absolute atomic E-state index is 12.6. The van der Waals surface area contributed by atoms with Crippen LogP contribution < -0.4 is 5.63 Å². The van der Waals surface area contributed by atoms with Crippen molar-refractivity contribution < 1.29 is 13.9 Å². The molecule has 5 nitrogen and oxygen atoms in total. The number of fused-ring (bicyclic) bond motifs is 1. The highest BCUT2D eigenvalue weighted by atomic mass is 35.5. The summed E-state index contributed by atoms with van der Waals surface area (Å²) in [6.45, 7) is 4.71. The van der Waals surface area contributed by atoms with Gasteiger partial charge in [0.05, 0.1) is 12.2 Å². The molecule has 116 valence electrons. The minimum absolute atomic E-state index is 0.0241. The summed E-state index contributed by atoms with van der Waals surface area (Å²) < 4.78 is 10.8. The molecule has 0 bridgehead atoms. The topological polar surface area (TPSA) is 59.8 Å². The van der Waals surface area contributed by atoms with Gasteiger partial charge in [-0.1, -0.05) is 11.6 Å². The Morgan fingerprint density at radius 3 is 2.59 bits per heavy atom. The smallest absolute Gasteiger partial charge is 0.349 e. The molecule has 0 saturated carbocycles. The number of rotatable bonds is 1. The fraction of sp³-hybridized carbons (Fsp3) is 0.375. The van der Waals surface area contributed by atoms with Crippen LogP contribution in [0.15, 0.2) is 33.5 Å². The maximum atomic E-state index is 12.6. The minimum Gasteiger partial charge on any atom is -0.422 e. The Bertz CT molecular complexity index is 775. The molecule has 0 unspecified atom stereocenters. The van der Waals surface area contributed by atoms with Crippen LogP contribution in [0, 0.1) is 0 Å². The van der Waals surface area contributed by atoms with E-state index in [1.807, 2.05) is 13.8 Å². The third kappa shape index (κ3) is 2.87. The lowest BCUT2D eigenvalue weighted by Crippen LogP contribution is -2.49. The molecule has 6 heteroatoms. The molecule has 1 amide bonds. The summed E-state index contributed by atoms with van der Waals surface area (Å²) in [4.78, 5) is 26.3. The van der Waals surface area contributed by atoms with Crippen LogP contribution in [0.25, 0.3) is 11.0 Å². The van der Waals surface area contributed by atoms with Gasteiger partial charge in [-0.05, 0) is 38.1 Å². The number of hydrogen-bond acceptors (Lipinski definition) is 4. The molecule has 1 aliphatic heterocycles. The average Bonchev–Trinajstić information content (AvgIpc) is 2.45. The van der Waals surface area contributed by atoms with Gasteiger partial charge in [-0.3, -0.25) is 4.79 Å². The summed E-state index contributed by atoms with van der Waals surface area (Å²) in [6.07, 6.45) is -0.121. The second-order valence-electron chi connectivity index (χ2n) is 5.60. The maximum Gasteiger partial charge on any atom is 0.349 e. The highest BCUT2D eigenvalue weighted by Gasteiger charge is 2.28. The zero-order valence-corrected chi connectivity index (χ0v) is 13.1. The van der Waals surface area contributed by atoms with Crippen LogP contribution in [-0.4, -0.2) is 36.1 Å². The van der Waals surface area contributed by atoms with Gasteiger partial charge < -0.3 is 14.1 Å². The second-order valence-corrected chi connectivity index (χ2v) is 6.03. The van der Waals surface area contributed by atoms with Gasteiger partial charge in [-0.25, -0.2) is 4.79 Å². The molecule has 1 aromatic heterocycles. The van der Waals surface area contributed by atoms with Crippen LogP contribution in [0.1, 0.15) is 24.2 Å². The first-order valence-electron chi connectivity index (χ1n) is 7.12. The summed E-state index contributed by atoms with van der Waals surface area (Å²) >= 11 is 5.95. The van der Waals surface area contributed by atoms with Crippen molar-refractivity contribution in [2.45, 2.75) is 26.1 Å². The van der Waals surface area contributed by atoms with Crippen molar-refractivity contribution in [3.05, 3.63) is 45.3 Å². The lowest BCUT2D eigenvalue weighted by atomic mass is 10.1. The Kier molecular flexibility index (Phi) is 3.93. The zero-order valence-electron chi connectivity index (χ0n) is 12.3. The summed E-state index contributed by atoms with van der Waals surface area (Å²) in [5.74, 6) is -0.336. The number of benzene rings is 1. The van der Waals surface area contributed by atoms with Crippen molar-refractivity contribution in [1.82, 2.24) is 4.90 Å². The fourth-order valence-electron chi connectivity index (χ4n) is 2.76. The number of carbonyl (C=O) groups is 1. The van der Waals surface area contributed by atoms with Crippen molar-refractivity contribution >= 4 is 28.5 Å². The third-order valence-electron chi connectivity index (χ3n) is 3.63. The minimum atomic E-state index is -0.633. The van der Waals surface area contributed by atoms with Crippen molar-refractivity contribution in [1.29, 1.82) is 0 Å². The average molecular weight is 322 g/mol. The Morgan fingerprint density at radius 1 is 1.23 bits per heavy atom. The summed E-state index contributed by atoms with van der Waals surface area (Å²) in [5.41, 5.74) is -0.197. The van der Waals surface area contributed by atoms with E-state index in [0.717, 1.165) is 0 Å². The largest absolute Gasteiger partial charge is 0.422 e. The Morgan fingerprint density at radius 2 is 1.91 bits per heavy atom. The van der Waals surface area contributed by atoms with E-state index in [-0.39, 0.29) is 23.7 Å². The molecule has 2 aromatic rings. The van der Waals surface area contributed by atoms with E-state index in [4.69, 9.17) is 20.8 Å². The van der Waals surface area contributed by atoms with E-state index in [1.165, 1.54) is 0 Å². The summed E-state index contributed by atoms with van der Waals surface area (Å²) in [5, 5.41) is 1.15. The Labute approximate surface area is 132 Å². The van der Waals surface area contributed by atoms with Crippen LogP contribution in [0.2, 0.25) is 5.02 Å². The molecule has 0 N–H and O–H groups in total. The van der Waals surface area contributed by atoms with E-state index in [0.29, 0.717) is 29.1 Å². The molecule has 22 heavy (non-hydrogen) atoms. The third-order valence-corrected chi connectivity index (χ3v) is 3.87. The first-order valence-corrected chi connectivity index (χ1v) is 7.50. The highest BCUT2D eigenvalue weighted by Crippen LogP contribution is 2.20. The fourth-order valence-corrected chi connectivity index (χ4v) is 2.94. The first kappa shape index (κ1) is 15.1. The van der Waals surface area contributed by atoms with Crippen LogP contribution in [0.5, 0.6) is 0 Å². The van der Waals surface area contributed by atoms with Crippen molar-refractivity contribution in [2.24, 2.45) is 0 Å². The Balaban J connectivity index is 2.00. The summed E-state index contributed by atoms with van der Waals surface area (Å²) in [6, 6.07) is 6.47. The van der Waals surface area contributed by atoms with Gasteiger partial charge in [-0.2, -0.15) is 0 Å². The van der Waals surface area contributed by atoms with Crippen LogP contribution in [0.3, 0.4) is 0 Å². The molecule has 1 aliphatic rings. The quantitative estimate of drug-likeness (QED) is 0.758. The van der Waals surface area contributed by atoms with Gasteiger partial charge in [0.2, 0.25) is 0 Å². The number of morpholine rings is 1. The highest BCUT2D eigenvalue weighted by molar-refractivity contribution is 6.31. The molecule has 2 atom stereocenters. The van der Waals surface area contributed by atoms with Gasteiger partial charge in [0.1, 0.15) is 11.1 Å². The van der Waals surface area contributed by atoms with Gasteiger partial charge in [0, 0.05) is 23.5 Å². The number of ether oxygens (including phenoxy) is 1. The van der Waals surface area contributed by atoms with Crippen molar-refractivity contribution in [2.75, 3.05) is 13.1 Å². The molecule has 3 rings (SSSR count). The van der Waals surface area contributed by atoms with Gasteiger partial charge in [-0.15, -0.1) is 0 Å². The summed E-state index contributed by atoms with van der Waals surface area (Å²) in [7, 11) is 0. The molecule has 0 aliphatic carbocycles. The molecule has 1 aromatic carbocycles. The van der Waals surface area contributed by atoms with Crippen molar-refractivity contribution in [3.8, 4) is 0 Å². The number of carbonyl (C=O) groups excluding carboxylic acids is 1. The van der Waals surface area contributed by atoms with Crippen LogP contribution in [-0.2, 0) is 4.74 Å². The standard InChI is InChI=1S/C16H16ClNO4/c1-9-7-18(8-10(2)21-9)15(19)13-6-11-5-12(17)3-4-14(11)22-16(13)20/h3-6,9-10H,7-8H2,1-2H3/t9-,10-/m1/s1. The van der Waals surface area contributed by atoms with Crippen molar-refractivity contribution in [3.63, 3.8) is 0 Å². The molecular formula is C16H16ClNO4. The predicted octanol–water partition coefficient (Wildman–Crippen LogP) is 2.70. The van der Waals surface area contributed by atoms with E-state index in [2.05, 4.69) is 0 Å². The normalized spacial score (nSPS) is 22.0. The van der Waals surface area contributed by atoms with E-state index >= 15 is 0 Å². The Hall–Kier alpha value is -1.85. The van der Waals surface area contributed by atoms with Gasteiger partial charge >= 0.3 is 5.63 Å². The number of hydrogen-bond donors (Lipinski definition) is 0. The van der Waals surface area contributed by atoms with E-state index in [9.17, 15) is 9.59 Å². The first-order chi connectivity index (χ1) is 10.4.